The van der Waals surface area contributed by atoms with Gasteiger partial charge in [0.1, 0.15) is 0 Å². The van der Waals surface area contributed by atoms with E-state index in [1.807, 2.05) is 6.07 Å². The topological polar surface area (TPSA) is 51.4 Å². The second-order valence-electron chi connectivity index (χ2n) is 5.07. The van der Waals surface area contributed by atoms with E-state index in [-0.39, 0.29) is 0 Å². The van der Waals surface area contributed by atoms with Crippen molar-refractivity contribution in [2.24, 2.45) is 5.73 Å². The van der Waals surface area contributed by atoms with Crippen molar-refractivity contribution in [2.75, 3.05) is 25.1 Å². The number of nitrogens with two attached hydrogens (primary N) is 1. The van der Waals surface area contributed by atoms with E-state index in [0.717, 1.165) is 25.1 Å². The van der Waals surface area contributed by atoms with Crippen LogP contribution in [-0.2, 0) is 6.54 Å². The molecule has 4 nitrogen and oxygen atoms in total. The fraction of sp³-hybridized carbons (Fsp3) is 0.353. The molecule has 1 aromatic carbocycles. The van der Waals surface area contributed by atoms with E-state index in [4.69, 9.17) is 10.5 Å². The van der Waals surface area contributed by atoms with Gasteiger partial charge in [0.15, 0.2) is 0 Å². The summed E-state index contributed by atoms with van der Waals surface area (Å²) in [6, 6.07) is 12.5. The van der Waals surface area contributed by atoms with Crippen molar-refractivity contribution in [2.45, 2.75) is 19.9 Å². The minimum absolute atomic E-state index is 0.683. The number of hydrogen-bond donors (Lipinski definition) is 1. The number of methoxy groups -OCH3 is 1. The molecular weight excluding hydrogens is 262 g/mol. The molecule has 0 atom stereocenters. The Balaban J connectivity index is 2.21. The number of ether oxygens (including phenoxy) is 1. The lowest BCUT2D eigenvalue weighted by molar-refractivity contribution is 0.392. The van der Waals surface area contributed by atoms with Gasteiger partial charge in [0.25, 0.3) is 0 Å². The average Bonchev–Trinajstić information content (AvgIpc) is 2.52. The highest BCUT2D eigenvalue weighted by Gasteiger charge is 2.11. The van der Waals surface area contributed by atoms with Gasteiger partial charge in [-0.3, -0.25) is 0 Å². The van der Waals surface area contributed by atoms with Crippen LogP contribution >= 0.6 is 0 Å². The van der Waals surface area contributed by atoms with Crippen LogP contribution < -0.4 is 15.4 Å². The van der Waals surface area contributed by atoms with Crippen molar-refractivity contribution >= 4 is 5.69 Å². The summed E-state index contributed by atoms with van der Waals surface area (Å²) < 4.78 is 5.34. The highest BCUT2D eigenvalue weighted by atomic mass is 16.5. The molecule has 0 fully saturated rings. The third-order valence-electron chi connectivity index (χ3n) is 3.44. The van der Waals surface area contributed by atoms with Crippen molar-refractivity contribution in [1.82, 2.24) is 4.98 Å². The summed E-state index contributed by atoms with van der Waals surface area (Å²) in [4.78, 5) is 6.58. The summed E-state index contributed by atoms with van der Waals surface area (Å²) in [5, 5.41) is 0. The summed E-state index contributed by atoms with van der Waals surface area (Å²) in [6.07, 6.45) is 2.70. The van der Waals surface area contributed by atoms with Crippen molar-refractivity contribution in [3.63, 3.8) is 0 Å². The van der Waals surface area contributed by atoms with Crippen LogP contribution in [0.4, 0.5) is 5.69 Å². The molecule has 2 aromatic rings. The number of pyridine rings is 1. The van der Waals surface area contributed by atoms with Crippen LogP contribution in [0.15, 0.2) is 42.6 Å². The van der Waals surface area contributed by atoms with Gasteiger partial charge in [-0.1, -0.05) is 23.8 Å². The van der Waals surface area contributed by atoms with Gasteiger partial charge >= 0.3 is 0 Å². The maximum absolute atomic E-state index is 5.66. The van der Waals surface area contributed by atoms with E-state index < -0.39 is 0 Å². The molecule has 0 aliphatic heterocycles. The number of hydrogen-bond acceptors (Lipinski definition) is 4. The number of nitrogens with zero attached hydrogens (tertiary/aromatic N) is 2. The Kier molecular flexibility index (Phi) is 5.58. The molecule has 0 aliphatic carbocycles. The van der Waals surface area contributed by atoms with Crippen LogP contribution in [0.5, 0.6) is 5.88 Å². The molecule has 112 valence electrons. The molecule has 0 saturated carbocycles. The first-order valence-corrected chi connectivity index (χ1v) is 7.24. The van der Waals surface area contributed by atoms with E-state index >= 15 is 0 Å². The van der Waals surface area contributed by atoms with Crippen LogP contribution in [0.1, 0.15) is 17.5 Å². The van der Waals surface area contributed by atoms with Crippen molar-refractivity contribution in [1.29, 1.82) is 0 Å². The van der Waals surface area contributed by atoms with Crippen LogP contribution in [0.2, 0.25) is 0 Å². The minimum atomic E-state index is 0.683. The molecule has 21 heavy (non-hydrogen) atoms. The van der Waals surface area contributed by atoms with Gasteiger partial charge in [0.2, 0.25) is 5.88 Å². The van der Waals surface area contributed by atoms with Gasteiger partial charge in [-0.15, -0.1) is 0 Å². The number of benzene rings is 1. The van der Waals surface area contributed by atoms with Crippen LogP contribution in [0.25, 0.3) is 0 Å². The molecule has 0 saturated heterocycles. The molecule has 1 heterocycles. The number of aryl methyl sites for hydroxylation is 1. The molecule has 0 radical (unpaired) electrons. The Morgan fingerprint density at radius 2 is 1.95 bits per heavy atom. The Morgan fingerprint density at radius 1 is 1.19 bits per heavy atom. The summed E-state index contributed by atoms with van der Waals surface area (Å²) >= 11 is 0. The first kappa shape index (κ1) is 15.3. The molecule has 0 amide bonds. The van der Waals surface area contributed by atoms with Gasteiger partial charge in [-0.25, -0.2) is 4.98 Å². The lowest BCUT2D eigenvalue weighted by Crippen LogP contribution is -2.26. The van der Waals surface area contributed by atoms with E-state index in [2.05, 4.69) is 47.1 Å². The van der Waals surface area contributed by atoms with Crippen LogP contribution in [0.3, 0.4) is 0 Å². The van der Waals surface area contributed by atoms with E-state index in [1.54, 1.807) is 13.3 Å². The second kappa shape index (κ2) is 7.64. The highest BCUT2D eigenvalue weighted by Crippen LogP contribution is 2.22. The third-order valence-corrected chi connectivity index (χ3v) is 3.44. The first-order valence-electron chi connectivity index (χ1n) is 7.24. The zero-order valence-corrected chi connectivity index (χ0v) is 12.7. The SMILES string of the molecule is COc1ncccc1CN(CCCN)c1ccc(C)cc1. The van der Waals surface area contributed by atoms with E-state index in [0.29, 0.717) is 12.4 Å². The summed E-state index contributed by atoms with van der Waals surface area (Å²) in [5.41, 5.74) is 9.20. The lowest BCUT2D eigenvalue weighted by Gasteiger charge is -2.25. The van der Waals surface area contributed by atoms with Gasteiger partial charge in [-0.05, 0) is 38.1 Å². The standard InChI is InChI=1S/C17H23N3O/c1-14-6-8-16(9-7-14)20(12-4-10-18)13-15-5-3-11-19-17(15)21-2/h3,5-9,11H,4,10,12-13,18H2,1-2H3. The molecule has 0 aliphatic rings. The Labute approximate surface area is 126 Å². The molecule has 2 N–H and O–H groups in total. The van der Waals surface area contributed by atoms with Crippen molar-refractivity contribution < 1.29 is 4.74 Å². The molecule has 0 spiro atoms. The second-order valence-corrected chi connectivity index (χ2v) is 5.07. The number of aromatic nitrogens is 1. The van der Waals surface area contributed by atoms with E-state index in [9.17, 15) is 0 Å². The smallest absolute Gasteiger partial charge is 0.218 e. The molecule has 1 aromatic heterocycles. The van der Waals surface area contributed by atoms with E-state index in [1.165, 1.54) is 11.3 Å². The molecule has 2 rings (SSSR count). The highest BCUT2D eigenvalue weighted by molar-refractivity contribution is 5.48. The minimum Gasteiger partial charge on any atom is -0.481 e. The fourth-order valence-corrected chi connectivity index (χ4v) is 2.27. The zero-order chi connectivity index (χ0) is 15.1. The third kappa shape index (κ3) is 4.20. The predicted octanol–water partition coefficient (Wildman–Crippen LogP) is 2.75. The lowest BCUT2D eigenvalue weighted by atomic mass is 10.2. The number of anilines is 1. The number of rotatable bonds is 7. The summed E-state index contributed by atoms with van der Waals surface area (Å²) in [5.74, 6) is 0.683. The Morgan fingerprint density at radius 3 is 2.62 bits per heavy atom. The molecule has 4 heteroatoms. The molecule has 0 bridgehead atoms. The van der Waals surface area contributed by atoms with Crippen molar-refractivity contribution in [3.8, 4) is 5.88 Å². The van der Waals surface area contributed by atoms with Gasteiger partial charge < -0.3 is 15.4 Å². The predicted molar refractivity (Wildman–Crippen MR) is 86.7 cm³/mol. The Bertz CT molecular complexity index is 554. The normalized spacial score (nSPS) is 10.4. The fourth-order valence-electron chi connectivity index (χ4n) is 2.27. The largest absolute Gasteiger partial charge is 0.481 e. The van der Waals surface area contributed by atoms with Gasteiger partial charge in [0.05, 0.1) is 7.11 Å². The molecular formula is C17H23N3O. The van der Waals surface area contributed by atoms with Gasteiger partial charge in [-0.2, -0.15) is 0 Å². The van der Waals surface area contributed by atoms with Crippen molar-refractivity contribution in [3.05, 3.63) is 53.7 Å². The average molecular weight is 285 g/mol. The van der Waals surface area contributed by atoms with Crippen LogP contribution in [-0.4, -0.2) is 25.2 Å². The zero-order valence-electron chi connectivity index (χ0n) is 12.7. The summed E-state index contributed by atoms with van der Waals surface area (Å²) in [7, 11) is 1.65. The van der Waals surface area contributed by atoms with Gasteiger partial charge in [0, 0.05) is 30.5 Å². The first-order chi connectivity index (χ1) is 10.2. The van der Waals surface area contributed by atoms with Crippen LogP contribution in [0, 0.1) is 6.92 Å². The Hall–Kier alpha value is -2.07. The maximum Gasteiger partial charge on any atom is 0.218 e. The maximum atomic E-state index is 5.66. The molecule has 0 unspecified atom stereocenters. The summed E-state index contributed by atoms with van der Waals surface area (Å²) in [6.45, 7) is 4.46. The monoisotopic (exact) mass is 285 g/mol. The quantitative estimate of drug-likeness (QED) is 0.850.